The Morgan fingerprint density at radius 3 is 2.15 bits per heavy atom. The number of ether oxygens (including phenoxy) is 2. The van der Waals surface area contributed by atoms with Gasteiger partial charge in [0.15, 0.2) is 0 Å². The molecule has 2 aromatic rings. The second-order valence-corrected chi connectivity index (χ2v) is 7.65. The van der Waals surface area contributed by atoms with E-state index in [1.54, 1.807) is 0 Å². The molecule has 33 heavy (non-hydrogen) atoms. The molecule has 0 spiro atoms. The minimum absolute atomic E-state index is 0.122. The highest BCUT2D eigenvalue weighted by Crippen LogP contribution is 2.17. The molecule has 0 heterocycles. The van der Waals surface area contributed by atoms with Crippen molar-refractivity contribution in [1.29, 1.82) is 0 Å². The number of alkyl halides is 3. The molecule has 1 N–H and O–H groups in total. The highest BCUT2D eigenvalue weighted by Gasteiger charge is 2.42. The van der Waals surface area contributed by atoms with Gasteiger partial charge in [-0.1, -0.05) is 55.3 Å². The molecule has 2 rings (SSSR count). The molecule has 180 valence electrons. The molecular weight excluding hydrogens is 435 g/mol. The predicted octanol–water partition coefficient (Wildman–Crippen LogP) is 5.02. The van der Waals surface area contributed by atoms with Gasteiger partial charge in [-0.3, -0.25) is 4.79 Å². The molecule has 0 aromatic heterocycles. The Kier molecular flexibility index (Phi) is 11.4. The van der Waals surface area contributed by atoms with Gasteiger partial charge in [0.05, 0.1) is 13.0 Å². The number of esters is 2. The lowest BCUT2D eigenvalue weighted by molar-refractivity contribution is -0.201. The van der Waals surface area contributed by atoms with Crippen LogP contribution >= 0.6 is 0 Å². The molecule has 0 aliphatic rings. The Hall–Kier alpha value is -2.87. The summed E-state index contributed by atoms with van der Waals surface area (Å²) >= 11 is 0. The first-order chi connectivity index (χ1) is 15.8. The lowest BCUT2D eigenvalue weighted by Crippen LogP contribution is -2.29. The van der Waals surface area contributed by atoms with Crippen LogP contribution in [-0.4, -0.2) is 37.8 Å². The summed E-state index contributed by atoms with van der Waals surface area (Å²) in [5.41, 5.74) is 2.44. The maximum absolute atomic E-state index is 12.0. The van der Waals surface area contributed by atoms with Crippen molar-refractivity contribution in [2.45, 2.75) is 51.1 Å². The molecule has 0 saturated carbocycles. The Labute approximate surface area is 192 Å². The normalized spacial score (nSPS) is 11.2. The summed E-state index contributed by atoms with van der Waals surface area (Å²) in [5.74, 6) is -2.88. The van der Waals surface area contributed by atoms with Crippen LogP contribution in [0.2, 0.25) is 0 Å². The average molecular weight is 466 g/mol. The number of aryl methyl sites for hydroxylation is 1. The van der Waals surface area contributed by atoms with Gasteiger partial charge in [0.1, 0.15) is 5.75 Å². The second-order valence-electron chi connectivity index (χ2n) is 7.65. The van der Waals surface area contributed by atoms with Gasteiger partial charge in [-0.05, 0) is 55.5 Å². The topological polar surface area (TPSA) is 64.6 Å². The van der Waals surface area contributed by atoms with E-state index in [1.165, 1.54) is 18.4 Å². The molecule has 0 saturated heterocycles. The lowest BCUT2D eigenvalue weighted by Gasteiger charge is -2.08. The predicted molar refractivity (Wildman–Crippen MR) is 119 cm³/mol. The average Bonchev–Trinajstić information content (AvgIpc) is 2.79. The van der Waals surface area contributed by atoms with Crippen molar-refractivity contribution in [3.05, 3.63) is 65.7 Å². The monoisotopic (exact) mass is 465 g/mol. The van der Waals surface area contributed by atoms with Gasteiger partial charge >= 0.3 is 18.1 Å². The molecule has 0 atom stereocenters. The number of benzene rings is 2. The minimum atomic E-state index is -5.17. The van der Waals surface area contributed by atoms with E-state index in [-0.39, 0.29) is 13.0 Å². The zero-order valence-corrected chi connectivity index (χ0v) is 18.5. The van der Waals surface area contributed by atoms with Crippen molar-refractivity contribution >= 4 is 11.9 Å². The Morgan fingerprint density at radius 2 is 1.45 bits per heavy atom. The number of hydrogen-bond acceptors (Lipinski definition) is 5. The van der Waals surface area contributed by atoms with Crippen LogP contribution < -0.4 is 10.1 Å². The zero-order chi connectivity index (χ0) is 23.9. The molecule has 8 heteroatoms. The smallest absolute Gasteiger partial charge is 0.491 e. The van der Waals surface area contributed by atoms with Crippen LogP contribution in [0.3, 0.4) is 0 Å². The van der Waals surface area contributed by atoms with Crippen molar-refractivity contribution < 1.29 is 32.2 Å². The first-order valence-electron chi connectivity index (χ1n) is 11.1. The highest BCUT2D eigenvalue weighted by atomic mass is 19.4. The first-order valence-corrected chi connectivity index (χ1v) is 11.1. The number of halogens is 3. The molecule has 5 nitrogen and oxygen atoms in total. The molecule has 2 aromatic carbocycles. The van der Waals surface area contributed by atoms with Crippen molar-refractivity contribution in [2.24, 2.45) is 0 Å². The van der Waals surface area contributed by atoms with Gasteiger partial charge in [0.25, 0.3) is 0 Å². The van der Waals surface area contributed by atoms with E-state index >= 15 is 0 Å². The highest BCUT2D eigenvalue weighted by molar-refractivity contribution is 5.88. The third-order valence-corrected chi connectivity index (χ3v) is 4.93. The van der Waals surface area contributed by atoms with Gasteiger partial charge in [-0.25, -0.2) is 4.79 Å². The molecular formula is C25H30F3NO4. The number of carbonyl (C=O) groups excluding carboxylic acids is 2. The first kappa shape index (κ1) is 26.4. The summed E-state index contributed by atoms with van der Waals surface area (Å²) in [7, 11) is 0. The van der Waals surface area contributed by atoms with Crippen LogP contribution in [0.25, 0.3) is 0 Å². The lowest BCUT2D eigenvalue weighted by atomic mass is 10.1. The van der Waals surface area contributed by atoms with Crippen LogP contribution in [-0.2, 0) is 27.2 Å². The molecule has 0 radical (unpaired) electrons. The van der Waals surface area contributed by atoms with E-state index in [1.807, 2.05) is 30.3 Å². The fourth-order valence-corrected chi connectivity index (χ4v) is 3.13. The summed E-state index contributed by atoms with van der Waals surface area (Å²) in [6.07, 6.45) is 0.812. The summed E-state index contributed by atoms with van der Waals surface area (Å²) in [4.78, 5) is 21.7. The van der Waals surface area contributed by atoms with Gasteiger partial charge in [0.2, 0.25) is 0 Å². The van der Waals surface area contributed by atoms with Crippen molar-refractivity contribution in [2.75, 3.05) is 19.7 Å². The van der Waals surface area contributed by atoms with Gasteiger partial charge in [-0.2, -0.15) is 13.2 Å². The largest absolute Gasteiger partial charge is 0.494 e. The molecule has 0 aliphatic heterocycles. The molecule has 0 bridgehead atoms. The molecule has 0 unspecified atom stereocenters. The molecule has 0 aliphatic carbocycles. The third kappa shape index (κ3) is 11.5. The van der Waals surface area contributed by atoms with Crippen LogP contribution in [0.5, 0.6) is 5.75 Å². The number of unbranched alkanes of at least 4 members (excludes halogenated alkanes) is 3. The van der Waals surface area contributed by atoms with Crippen LogP contribution in [0.4, 0.5) is 13.2 Å². The summed E-state index contributed by atoms with van der Waals surface area (Å²) < 4.78 is 45.5. The van der Waals surface area contributed by atoms with E-state index in [2.05, 4.69) is 34.3 Å². The van der Waals surface area contributed by atoms with E-state index in [0.29, 0.717) is 19.6 Å². The summed E-state index contributed by atoms with van der Waals surface area (Å²) in [5, 5.41) is 2.94. The van der Waals surface area contributed by atoms with Crippen molar-refractivity contribution in [1.82, 2.24) is 5.32 Å². The zero-order valence-electron chi connectivity index (χ0n) is 18.5. The maximum Gasteiger partial charge on any atom is 0.491 e. The van der Waals surface area contributed by atoms with Crippen LogP contribution in [0.1, 0.15) is 43.2 Å². The Balaban J connectivity index is 1.49. The summed E-state index contributed by atoms with van der Waals surface area (Å²) in [6, 6.07) is 18.2. The maximum atomic E-state index is 12.0. The van der Waals surface area contributed by atoms with Gasteiger partial charge < -0.3 is 14.8 Å². The van der Waals surface area contributed by atoms with Crippen molar-refractivity contribution in [3.63, 3.8) is 0 Å². The fourth-order valence-electron chi connectivity index (χ4n) is 3.13. The Morgan fingerprint density at radius 1 is 0.788 bits per heavy atom. The van der Waals surface area contributed by atoms with E-state index in [0.717, 1.165) is 30.6 Å². The van der Waals surface area contributed by atoms with Gasteiger partial charge in [-0.15, -0.1) is 0 Å². The fraction of sp³-hybridized carbons (Fsp3) is 0.440. The molecule has 0 fully saturated rings. The van der Waals surface area contributed by atoms with Crippen molar-refractivity contribution in [3.8, 4) is 5.75 Å². The van der Waals surface area contributed by atoms with E-state index in [4.69, 9.17) is 4.74 Å². The van der Waals surface area contributed by atoms with Gasteiger partial charge in [0, 0.05) is 6.54 Å². The Bertz CT molecular complexity index is 839. The second kappa shape index (κ2) is 14.3. The SMILES string of the molecule is O=C(CCNCCc1ccc(OCCCCCCc2ccccc2)cc1)OC(=O)C(F)(F)F. The quantitative estimate of drug-likeness (QED) is 0.241. The summed E-state index contributed by atoms with van der Waals surface area (Å²) in [6.45, 7) is 1.33. The molecule has 0 amide bonds. The van der Waals surface area contributed by atoms with E-state index in [9.17, 15) is 22.8 Å². The third-order valence-electron chi connectivity index (χ3n) is 4.93. The number of rotatable bonds is 14. The van der Waals surface area contributed by atoms with Crippen LogP contribution in [0.15, 0.2) is 54.6 Å². The minimum Gasteiger partial charge on any atom is -0.494 e. The van der Waals surface area contributed by atoms with Crippen LogP contribution in [0, 0.1) is 0 Å². The number of carbonyl (C=O) groups is 2. The van der Waals surface area contributed by atoms with E-state index < -0.39 is 18.1 Å². The number of nitrogens with one attached hydrogen (secondary N) is 1. The standard InChI is InChI=1S/C25H30F3NO4/c26-25(27,28)24(31)33-23(30)16-18-29-17-15-21-11-13-22(14-12-21)32-19-7-2-1-4-8-20-9-5-3-6-10-20/h3,5-6,9-14,29H,1-2,4,7-8,15-19H2. The number of hydrogen-bond donors (Lipinski definition) is 1.